The van der Waals surface area contributed by atoms with Gasteiger partial charge in [0.15, 0.2) is 0 Å². The maximum atomic E-state index is 13.2. The molecule has 0 bridgehead atoms. The molecule has 4 heteroatoms. The van der Waals surface area contributed by atoms with E-state index in [0.717, 1.165) is 36.4 Å². The van der Waals surface area contributed by atoms with Gasteiger partial charge < -0.3 is 10.6 Å². The van der Waals surface area contributed by atoms with Crippen molar-refractivity contribution in [1.29, 1.82) is 0 Å². The predicted molar refractivity (Wildman–Crippen MR) is 79.7 cm³/mol. The molecule has 2 N–H and O–H groups in total. The molecule has 3 rings (SSSR count). The van der Waals surface area contributed by atoms with Gasteiger partial charge in [0.1, 0.15) is 5.82 Å². The zero-order chi connectivity index (χ0) is 13.4. The number of hydrogen-bond donors (Lipinski definition) is 1. The Morgan fingerprint density at radius 2 is 2.11 bits per heavy atom. The van der Waals surface area contributed by atoms with Gasteiger partial charge in [0.25, 0.3) is 0 Å². The largest absolute Gasteiger partial charge is 0.397 e. The Morgan fingerprint density at radius 3 is 2.89 bits per heavy atom. The van der Waals surface area contributed by atoms with Crippen LogP contribution in [-0.4, -0.2) is 6.54 Å². The summed E-state index contributed by atoms with van der Waals surface area (Å²) in [6, 6.07) is 11.2. The lowest BCUT2D eigenvalue weighted by molar-refractivity contribution is 0.620. The van der Waals surface area contributed by atoms with Gasteiger partial charge in [0.05, 0.1) is 15.8 Å². The van der Waals surface area contributed by atoms with Gasteiger partial charge in [-0.15, -0.1) is 0 Å². The molecule has 1 aliphatic heterocycles. The Labute approximate surface area is 120 Å². The molecule has 2 aromatic carbocycles. The molecule has 1 aliphatic rings. The second kappa shape index (κ2) is 4.85. The van der Waals surface area contributed by atoms with Crippen LogP contribution in [0.3, 0.4) is 0 Å². The Bertz CT molecular complexity index is 628. The van der Waals surface area contributed by atoms with Crippen LogP contribution in [0, 0.1) is 5.82 Å². The van der Waals surface area contributed by atoms with Crippen LogP contribution in [0.2, 0.25) is 0 Å². The summed E-state index contributed by atoms with van der Waals surface area (Å²) in [6.45, 7) is 1.71. The average molecular weight is 321 g/mol. The number of nitrogens with two attached hydrogens (primary N) is 1. The zero-order valence-electron chi connectivity index (χ0n) is 10.4. The van der Waals surface area contributed by atoms with Crippen molar-refractivity contribution < 1.29 is 4.39 Å². The van der Waals surface area contributed by atoms with E-state index in [4.69, 9.17) is 5.73 Å². The lowest BCUT2D eigenvalue weighted by Crippen LogP contribution is -2.20. The predicted octanol–water partition coefficient (Wildman–Crippen LogP) is 3.73. The number of halogens is 2. The third kappa shape index (κ3) is 2.32. The van der Waals surface area contributed by atoms with E-state index < -0.39 is 0 Å². The van der Waals surface area contributed by atoms with E-state index in [1.165, 1.54) is 11.6 Å². The summed E-state index contributed by atoms with van der Waals surface area (Å²) < 4.78 is 13.7. The van der Waals surface area contributed by atoms with E-state index in [0.29, 0.717) is 4.47 Å². The Kier molecular flexibility index (Phi) is 3.19. The summed E-state index contributed by atoms with van der Waals surface area (Å²) in [7, 11) is 0. The van der Waals surface area contributed by atoms with Gasteiger partial charge in [-0.05, 0) is 51.7 Å². The molecule has 2 aromatic rings. The highest BCUT2D eigenvalue weighted by atomic mass is 79.9. The summed E-state index contributed by atoms with van der Waals surface area (Å²) in [6.07, 6.45) is 1.02. The van der Waals surface area contributed by atoms with Gasteiger partial charge in [-0.2, -0.15) is 0 Å². The van der Waals surface area contributed by atoms with Crippen molar-refractivity contribution in [1.82, 2.24) is 0 Å². The van der Waals surface area contributed by atoms with Crippen molar-refractivity contribution in [3.63, 3.8) is 0 Å². The van der Waals surface area contributed by atoms with Crippen LogP contribution >= 0.6 is 15.9 Å². The van der Waals surface area contributed by atoms with Crippen LogP contribution in [0.25, 0.3) is 0 Å². The lowest BCUT2D eigenvalue weighted by Gasteiger charge is -2.21. The van der Waals surface area contributed by atoms with Gasteiger partial charge in [-0.1, -0.05) is 18.2 Å². The van der Waals surface area contributed by atoms with Crippen molar-refractivity contribution in [2.75, 3.05) is 17.2 Å². The smallest absolute Gasteiger partial charge is 0.137 e. The van der Waals surface area contributed by atoms with E-state index in [1.54, 1.807) is 0 Å². The monoisotopic (exact) mass is 320 g/mol. The van der Waals surface area contributed by atoms with E-state index >= 15 is 0 Å². The highest BCUT2D eigenvalue weighted by Crippen LogP contribution is 2.34. The minimum Gasteiger partial charge on any atom is -0.397 e. The first-order valence-electron chi connectivity index (χ1n) is 6.21. The number of anilines is 2. The number of para-hydroxylation sites is 1. The molecule has 0 saturated carbocycles. The fraction of sp³-hybridized carbons (Fsp3) is 0.200. The molecule has 19 heavy (non-hydrogen) atoms. The average Bonchev–Trinajstić information content (AvgIpc) is 2.79. The fourth-order valence-electron chi connectivity index (χ4n) is 2.58. The van der Waals surface area contributed by atoms with E-state index in [2.05, 4.69) is 26.9 Å². The normalized spacial score (nSPS) is 13.7. The highest BCUT2D eigenvalue weighted by molar-refractivity contribution is 9.10. The molecule has 0 unspecified atom stereocenters. The Hall–Kier alpha value is -1.55. The number of fused-ring (bicyclic) bond motifs is 1. The molecular formula is C15H14BrFN2. The minimum absolute atomic E-state index is 0.231. The van der Waals surface area contributed by atoms with Gasteiger partial charge in [0, 0.05) is 13.1 Å². The number of benzene rings is 2. The molecule has 0 aromatic heterocycles. The zero-order valence-corrected chi connectivity index (χ0v) is 12.0. The molecule has 0 atom stereocenters. The second-order valence-electron chi connectivity index (χ2n) is 4.77. The van der Waals surface area contributed by atoms with Crippen LogP contribution in [0.4, 0.5) is 15.8 Å². The maximum Gasteiger partial charge on any atom is 0.137 e. The summed E-state index contributed by atoms with van der Waals surface area (Å²) in [5, 5.41) is 0. The molecule has 98 valence electrons. The number of nitrogens with zero attached hydrogens (tertiary/aromatic N) is 1. The molecule has 0 radical (unpaired) electrons. The SMILES string of the molecule is Nc1cccc2c1N(Cc1ccc(F)c(Br)c1)CC2. The van der Waals surface area contributed by atoms with Gasteiger partial charge in [0.2, 0.25) is 0 Å². The van der Waals surface area contributed by atoms with Crippen molar-refractivity contribution in [3.05, 3.63) is 57.8 Å². The summed E-state index contributed by atoms with van der Waals surface area (Å²) >= 11 is 3.22. The van der Waals surface area contributed by atoms with Crippen LogP contribution in [0.1, 0.15) is 11.1 Å². The van der Waals surface area contributed by atoms with Crippen LogP contribution in [0.5, 0.6) is 0 Å². The van der Waals surface area contributed by atoms with Crippen molar-refractivity contribution in [2.24, 2.45) is 0 Å². The Balaban J connectivity index is 1.88. The molecule has 0 aliphatic carbocycles. The van der Waals surface area contributed by atoms with Crippen LogP contribution in [-0.2, 0) is 13.0 Å². The van der Waals surface area contributed by atoms with Crippen LogP contribution in [0.15, 0.2) is 40.9 Å². The molecule has 0 fully saturated rings. The third-order valence-corrected chi connectivity index (χ3v) is 4.08. The lowest BCUT2D eigenvalue weighted by atomic mass is 10.1. The number of nitrogen functional groups attached to an aromatic ring is 1. The molecule has 0 spiro atoms. The fourth-order valence-corrected chi connectivity index (χ4v) is 3.01. The van der Waals surface area contributed by atoms with Gasteiger partial charge in [-0.25, -0.2) is 4.39 Å². The second-order valence-corrected chi connectivity index (χ2v) is 5.63. The van der Waals surface area contributed by atoms with Crippen LogP contribution < -0.4 is 10.6 Å². The quantitative estimate of drug-likeness (QED) is 0.854. The first-order valence-corrected chi connectivity index (χ1v) is 7.00. The first kappa shape index (κ1) is 12.5. The maximum absolute atomic E-state index is 13.2. The third-order valence-electron chi connectivity index (χ3n) is 3.48. The topological polar surface area (TPSA) is 29.3 Å². The van der Waals surface area contributed by atoms with E-state index in [-0.39, 0.29) is 5.82 Å². The van der Waals surface area contributed by atoms with Crippen molar-refractivity contribution >= 4 is 27.3 Å². The molecule has 2 nitrogen and oxygen atoms in total. The van der Waals surface area contributed by atoms with Crippen molar-refractivity contribution in [3.8, 4) is 0 Å². The Morgan fingerprint density at radius 1 is 1.26 bits per heavy atom. The molecule has 1 heterocycles. The first-order chi connectivity index (χ1) is 9.15. The molecule has 0 saturated heterocycles. The van der Waals surface area contributed by atoms with Gasteiger partial charge in [-0.3, -0.25) is 0 Å². The highest BCUT2D eigenvalue weighted by Gasteiger charge is 2.21. The summed E-state index contributed by atoms with van der Waals surface area (Å²) in [5.74, 6) is -0.231. The molecular weight excluding hydrogens is 307 g/mol. The van der Waals surface area contributed by atoms with Gasteiger partial charge >= 0.3 is 0 Å². The van der Waals surface area contributed by atoms with E-state index in [1.807, 2.05) is 24.3 Å². The van der Waals surface area contributed by atoms with Crippen molar-refractivity contribution in [2.45, 2.75) is 13.0 Å². The number of rotatable bonds is 2. The summed E-state index contributed by atoms with van der Waals surface area (Å²) in [4.78, 5) is 2.25. The number of hydrogen-bond acceptors (Lipinski definition) is 2. The molecule has 0 amide bonds. The summed E-state index contributed by atoms with van der Waals surface area (Å²) in [5.41, 5.74) is 10.4. The standard InChI is InChI=1S/C15H14BrFN2/c16-12-8-10(4-5-13(12)17)9-19-7-6-11-2-1-3-14(18)15(11)19/h1-5,8H,6-7,9,18H2. The minimum atomic E-state index is -0.231. The van der Waals surface area contributed by atoms with E-state index in [9.17, 15) is 4.39 Å².